The van der Waals surface area contributed by atoms with E-state index >= 15 is 0 Å². The molecule has 3 rings (SSSR count). The Hall–Kier alpha value is -1.66. The Bertz CT molecular complexity index is 607. The molecule has 1 aliphatic heterocycles. The average molecular weight is 318 g/mol. The molecule has 1 aliphatic rings. The van der Waals surface area contributed by atoms with Crippen LogP contribution in [-0.2, 0) is 17.8 Å². The smallest absolute Gasteiger partial charge is 0.138 e. The van der Waals surface area contributed by atoms with Gasteiger partial charge in [-0.15, -0.1) is 0 Å². The second kappa shape index (κ2) is 7.27. The summed E-state index contributed by atoms with van der Waals surface area (Å²) in [4.78, 5) is 7.08. The summed E-state index contributed by atoms with van der Waals surface area (Å²) in [5, 5.41) is 4.05. The number of piperidine rings is 1. The third-order valence-electron chi connectivity index (χ3n) is 4.80. The van der Waals surface area contributed by atoms with Crippen LogP contribution in [0.25, 0.3) is 0 Å². The number of aromatic nitrogens is 3. The topological polar surface area (TPSA) is 56.3 Å². The van der Waals surface area contributed by atoms with Crippen LogP contribution in [0.15, 0.2) is 16.9 Å². The van der Waals surface area contributed by atoms with Gasteiger partial charge in [0, 0.05) is 44.1 Å². The molecular formula is C17H26N4O2. The molecule has 2 aromatic rings. The number of hydrogen-bond donors (Lipinski definition) is 0. The maximum absolute atomic E-state index is 5.27. The fourth-order valence-corrected chi connectivity index (χ4v) is 3.36. The molecule has 0 aromatic carbocycles. The van der Waals surface area contributed by atoms with E-state index in [9.17, 15) is 0 Å². The molecule has 6 nitrogen and oxygen atoms in total. The minimum Gasteiger partial charge on any atom is -0.383 e. The van der Waals surface area contributed by atoms with Gasteiger partial charge in [0.25, 0.3) is 0 Å². The number of nitrogens with zero attached hydrogens (tertiary/aromatic N) is 4. The van der Waals surface area contributed by atoms with E-state index in [0.29, 0.717) is 5.92 Å². The van der Waals surface area contributed by atoms with Gasteiger partial charge in [-0.1, -0.05) is 5.16 Å². The van der Waals surface area contributed by atoms with Crippen LogP contribution in [0.5, 0.6) is 0 Å². The molecule has 6 heteroatoms. The van der Waals surface area contributed by atoms with Gasteiger partial charge in [0.2, 0.25) is 0 Å². The Morgan fingerprint density at radius 2 is 2.09 bits per heavy atom. The molecular weight excluding hydrogens is 292 g/mol. The Kier molecular flexibility index (Phi) is 5.13. The highest BCUT2D eigenvalue weighted by Crippen LogP contribution is 2.28. The molecule has 3 heterocycles. The Balaban J connectivity index is 1.57. The second-order valence-corrected chi connectivity index (χ2v) is 6.32. The summed E-state index contributed by atoms with van der Waals surface area (Å²) in [6.45, 7) is 8.74. The third-order valence-corrected chi connectivity index (χ3v) is 4.80. The van der Waals surface area contributed by atoms with Crippen LogP contribution in [-0.4, -0.2) is 46.4 Å². The SMILES string of the molecule is COCCn1ccnc1C1CCN(Cc2c(C)noc2C)CC1. The lowest BCUT2D eigenvalue weighted by Gasteiger charge is -2.31. The van der Waals surface area contributed by atoms with Crippen molar-refractivity contribution in [2.45, 2.75) is 45.7 Å². The number of likely N-dealkylation sites (tertiary alicyclic amines) is 1. The molecule has 0 spiro atoms. The number of hydrogen-bond acceptors (Lipinski definition) is 5. The minimum absolute atomic E-state index is 0.544. The predicted molar refractivity (Wildman–Crippen MR) is 87.3 cm³/mol. The first-order valence-corrected chi connectivity index (χ1v) is 8.33. The number of imidazole rings is 1. The Labute approximate surface area is 137 Å². The van der Waals surface area contributed by atoms with Crippen LogP contribution in [0.4, 0.5) is 0 Å². The van der Waals surface area contributed by atoms with Crippen molar-refractivity contribution in [3.63, 3.8) is 0 Å². The van der Waals surface area contributed by atoms with Gasteiger partial charge >= 0.3 is 0 Å². The minimum atomic E-state index is 0.544. The molecule has 2 aromatic heterocycles. The normalized spacial score (nSPS) is 17.0. The van der Waals surface area contributed by atoms with Crippen molar-refractivity contribution in [2.75, 3.05) is 26.8 Å². The van der Waals surface area contributed by atoms with Gasteiger partial charge in [0.1, 0.15) is 11.6 Å². The van der Waals surface area contributed by atoms with Crippen molar-refractivity contribution >= 4 is 0 Å². The zero-order chi connectivity index (χ0) is 16.2. The van der Waals surface area contributed by atoms with E-state index in [4.69, 9.17) is 9.26 Å². The first kappa shape index (κ1) is 16.2. The molecule has 23 heavy (non-hydrogen) atoms. The lowest BCUT2D eigenvalue weighted by Crippen LogP contribution is -2.33. The Morgan fingerprint density at radius 1 is 1.30 bits per heavy atom. The highest BCUT2D eigenvalue weighted by atomic mass is 16.5. The van der Waals surface area contributed by atoms with Gasteiger partial charge < -0.3 is 13.8 Å². The number of methoxy groups -OCH3 is 1. The van der Waals surface area contributed by atoms with Crippen LogP contribution < -0.4 is 0 Å². The third kappa shape index (κ3) is 3.64. The van der Waals surface area contributed by atoms with E-state index in [1.807, 2.05) is 20.0 Å². The molecule has 0 amide bonds. The fraction of sp³-hybridized carbons (Fsp3) is 0.647. The van der Waals surface area contributed by atoms with E-state index in [2.05, 4.69) is 25.8 Å². The van der Waals surface area contributed by atoms with Gasteiger partial charge in [-0.05, 0) is 39.8 Å². The summed E-state index contributed by atoms with van der Waals surface area (Å²) in [7, 11) is 1.74. The van der Waals surface area contributed by atoms with Crippen LogP contribution in [0.3, 0.4) is 0 Å². The standard InChI is InChI=1S/C17H26N4O2/c1-13-16(14(2)23-19-13)12-20-7-4-15(5-8-20)17-18-6-9-21(17)10-11-22-3/h6,9,15H,4-5,7-8,10-12H2,1-3H3. The zero-order valence-electron chi connectivity index (χ0n) is 14.3. The molecule has 0 radical (unpaired) electrons. The number of aryl methyl sites for hydroxylation is 2. The molecule has 0 N–H and O–H groups in total. The summed E-state index contributed by atoms with van der Waals surface area (Å²) >= 11 is 0. The van der Waals surface area contributed by atoms with Crippen molar-refractivity contribution in [1.82, 2.24) is 19.6 Å². The maximum Gasteiger partial charge on any atom is 0.138 e. The molecule has 1 fully saturated rings. The molecule has 0 unspecified atom stereocenters. The lowest BCUT2D eigenvalue weighted by molar-refractivity contribution is 0.180. The van der Waals surface area contributed by atoms with Crippen molar-refractivity contribution in [2.24, 2.45) is 0 Å². The van der Waals surface area contributed by atoms with Crippen LogP contribution >= 0.6 is 0 Å². The number of rotatable bonds is 6. The molecule has 126 valence electrons. The quantitative estimate of drug-likeness (QED) is 0.819. The van der Waals surface area contributed by atoms with Gasteiger partial charge in [-0.25, -0.2) is 4.98 Å². The summed E-state index contributed by atoms with van der Waals surface area (Å²) in [6.07, 6.45) is 6.26. The largest absolute Gasteiger partial charge is 0.383 e. The van der Waals surface area contributed by atoms with E-state index in [1.165, 1.54) is 11.4 Å². The second-order valence-electron chi connectivity index (χ2n) is 6.32. The highest BCUT2D eigenvalue weighted by Gasteiger charge is 2.25. The number of ether oxygens (including phenoxy) is 1. The summed E-state index contributed by atoms with van der Waals surface area (Å²) < 4.78 is 12.7. The van der Waals surface area contributed by atoms with Crippen LogP contribution in [0.1, 0.15) is 41.6 Å². The van der Waals surface area contributed by atoms with Crippen molar-refractivity contribution in [1.29, 1.82) is 0 Å². The first-order chi connectivity index (χ1) is 11.2. The van der Waals surface area contributed by atoms with Crippen molar-refractivity contribution in [3.05, 3.63) is 35.2 Å². The van der Waals surface area contributed by atoms with E-state index in [1.54, 1.807) is 7.11 Å². The van der Waals surface area contributed by atoms with E-state index in [-0.39, 0.29) is 0 Å². The highest BCUT2D eigenvalue weighted by molar-refractivity contribution is 5.20. The molecule has 0 aliphatic carbocycles. The zero-order valence-corrected chi connectivity index (χ0v) is 14.3. The Morgan fingerprint density at radius 3 is 2.74 bits per heavy atom. The first-order valence-electron chi connectivity index (χ1n) is 8.33. The molecule has 0 saturated carbocycles. The summed E-state index contributed by atoms with van der Waals surface area (Å²) in [6, 6.07) is 0. The molecule has 0 bridgehead atoms. The van der Waals surface area contributed by atoms with Gasteiger partial charge in [-0.2, -0.15) is 0 Å². The van der Waals surface area contributed by atoms with Crippen molar-refractivity contribution < 1.29 is 9.26 Å². The van der Waals surface area contributed by atoms with Gasteiger partial charge in [0.05, 0.1) is 12.3 Å². The monoisotopic (exact) mass is 318 g/mol. The summed E-state index contributed by atoms with van der Waals surface area (Å²) in [5.74, 6) is 2.70. The van der Waals surface area contributed by atoms with Crippen LogP contribution in [0, 0.1) is 13.8 Å². The molecule has 0 atom stereocenters. The van der Waals surface area contributed by atoms with Gasteiger partial charge in [0.15, 0.2) is 0 Å². The van der Waals surface area contributed by atoms with Crippen molar-refractivity contribution in [3.8, 4) is 0 Å². The fourth-order valence-electron chi connectivity index (χ4n) is 3.36. The lowest BCUT2D eigenvalue weighted by atomic mass is 9.95. The average Bonchev–Trinajstić information content (AvgIpc) is 3.15. The predicted octanol–water partition coefficient (Wildman–Crippen LogP) is 2.51. The van der Waals surface area contributed by atoms with Gasteiger partial charge in [-0.3, -0.25) is 4.90 Å². The van der Waals surface area contributed by atoms with E-state index < -0.39 is 0 Å². The van der Waals surface area contributed by atoms with E-state index in [0.717, 1.165) is 57.1 Å². The maximum atomic E-state index is 5.27. The van der Waals surface area contributed by atoms with Crippen LogP contribution in [0.2, 0.25) is 0 Å². The summed E-state index contributed by atoms with van der Waals surface area (Å²) in [5.41, 5.74) is 2.25. The molecule has 1 saturated heterocycles.